The van der Waals surface area contributed by atoms with Crippen LogP contribution in [0.1, 0.15) is 10.4 Å². The van der Waals surface area contributed by atoms with Crippen LogP contribution in [-0.2, 0) is 17.1 Å². The van der Waals surface area contributed by atoms with Gasteiger partial charge in [-0.3, -0.25) is 9.52 Å². The van der Waals surface area contributed by atoms with Crippen molar-refractivity contribution in [1.29, 1.82) is 0 Å². The van der Waals surface area contributed by atoms with Crippen LogP contribution in [0.25, 0.3) is 10.2 Å². The monoisotopic (exact) mass is 487 g/mol. The number of methoxy groups -OCH3 is 1. The number of fused-ring (bicyclic) bond motifs is 1. The van der Waals surface area contributed by atoms with Crippen LogP contribution in [0, 0.1) is 0 Å². The molecule has 1 heterocycles. The van der Waals surface area contributed by atoms with Crippen molar-refractivity contribution in [3.05, 3.63) is 82.1 Å². The second-order valence-electron chi connectivity index (χ2n) is 6.81. The predicted molar refractivity (Wildman–Crippen MR) is 126 cm³/mol. The van der Waals surface area contributed by atoms with Gasteiger partial charge in [0.25, 0.3) is 15.9 Å². The number of carbonyl (C=O) groups excluding carboxylic acids is 1. The highest BCUT2D eigenvalue weighted by Gasteiger charge is 2.15. The smallest absolute Gasteiger partial charge is 0.279 e. The van der Waals surface area contributed by atoms with Gasteiger partial charge in [-0.2, -0.15) is 4.99 Å². The number of nitrogens with zero attached hydrogens (tertiary/aromatic N) is 2. The number of ether oxygens (including phenoxy) is 1. The first-order valence-electron chi connectivity index (χ1n) is 9.38. The highest BCUT2D eigenvalue weighted by molar-refractivity contribution is 7.92. The summed E-state index contributed by atoms with van der Waals surface area (Å²) in [5.41, 5.74) is 1.48. The lowest BCUT2D eigenvalue weighted by atomic mass is 10.2. The van der Waals surface area contributed by atoms with Crippen molar-refractivity contribution in [3.8, 4) is 5.75 Å². The van der Waals surface area contributed by atoms with E-state index in [0.29, 0.717) is 26.8 Å². The second-order valence-corrected chi connectivity index (χ2v) is 9.90. The highest BCUT2D eigenvalue weighted by Crippen LogP contribution is 2.24. The number of anilines is 1. The van der Waals surface area contributed by atoms with Gasteiger partial charge in [0.05, 0.1) is 27.2 Å². The number of sulfonamides is 1. The van der Waals surface area contributed by atoms with Crippen LogP contribution >= 0.6 is 22.9 Å². The summed E-state index contributed by atoms with van der Waals surface area (Å²) in [5, 5.41) is 0.587. The number of rotatable bonds is 5. The number of hydrogen-bond acceptors (Lipinski definition) is 5. The summed E-state index contributed by atoms with van der Waals surface area (Å²) in [6.45, 7) is 0. The van der Waals surface area contributed by atoms with Gasteiger partial charge in [0.15, 0.2) is 4.80 Å². The zero-order chi connectivity index (χ0) is 22.9. The zero-order valence-electron chi connectivity index (χ0n) is 17.1. The van der Waals surface area contributed by atoms with Crippen LogP contribution in [0.2, 0.25) is 5.02 Å². The molecular weight excluding hydrogens is 470 g/mol. The molecule has 4 aromatic rings. The van der Waals surface area contributed by atoms with Crippen LogP contribution in [0.4, 0.5) is 5.69 Å². The molecule has 32 heavy (non-hydrogen) atoms. The van der Waals surface area contributed by atoms with E-state index in [9.17, 15) is 13.2 Å². The van der Waals surface area contributed by atoms with Gasteiger partial charge >= 0.3 is 0 Å². The third kappa shape index (κ3) is 4.40. The molecule has 0 radical (unpaired) electrons. The Hall–Kier alpha value is -3.14. The lowest BCUT2D eigenvalue weighted by molar-refractivity contribution is 0.0998. The van der Waals surface area contributed by atoms with E-state index in [4.69, 9.17) is 16.3 Å². The van der Waals surface area contributed by atoms with Crippen molar-refractivity contribution < 1.29 is 17.9 Å². The number of aromatic nitrogens is 1. The SMILES string of the molecule is COc1ccc(S(=O)(=O)Nc2ccc(C(=O)N=c3sc4cccc(Cl)c4n3C)cc2)cc1. The summed E-state index contributed by atoms with van der Waals surface area (Å²) in [5.74, 6) is 0.123. The average molecular weight is 488 g/mol. The zero-order valence-corrected chi connectivity index (χ0v) is 19.5. The first-order chi connectivity index (χ1) is 15.3. The van der Waals surface area contributed by atoms with E-state index in [-0.39, 0.29) is 4.90 Å². The quantitative estimate of drug-likeness (QED) is 0.450. The van der Waals surface area contributed by atoms with E-state index in [2.05, 4.69) is 9.71 Å². The predicted octanol–water partition coefficient (Wildman–Crippen LogP) is 4.44. The average Bonchev–Trinajstić information content (AvgIpc) is 3.10. The number of thiazole rings is 1. The van der Waals surface area contributed by atoms with E-state index in [1.165, 1.54) is 54.8 Å². The summed E-state index contributed by atoms with van der Waals surface area (Å²) >= 11 is 7.62. The maximum Gasteiger partial charge on any atom is 0.279 e. The van der Waals surface area contributed by atoms with E-state index in [0.717, 1.165) is 10.2 Å². The Labute approximate surface area is 193 Å². The molecule has 7 nitrogen and oxygen atoms in total. The van der Waals surface area contributed by atoms with Gasteiger partial charge in [-0.15, -0.1) is 0 Å². The molecule has 0 bridgehead atoms. The second kappa shape index (κ2) is 8.78. The lowest BCUT2D eigenvalue weighted by Gasteiger charge is -2.09. The summed E-state index contributed by atoms with van der Waals surface area (Å²) in [4.78, 5) is 17.5. The highest BCUT2D eigenvalue weighted by atomic mass is 35.5. The number of aryl methyl sites for hydroxylation is 1. The van der Waals surface area contributed by atoms with Gasteiger partial charge in [0, 0.05) is 18.3 Å². The van der Waals surface area contributed by atoms with Gasteiger partial charge in [0.2, 0.25) is 0 Å². The molecule has 0 atom stereocenters. The van der Waals surface area contributed by atoms with Gasteiger partial charge in [0.1, 0.15) is 5.75 Å². The molecule has 1 N–H and O–H groups in total. The molecule has 0 spiro atoms. The van der Waals surface area contributed by atoms with Crippen molar-refractivity contribution in [2.45, 2.75) is 4.90 Å². The topological polar surface area (TPSA) is 89.8 Å². The lowest BCUT2D eigenvalue weighted by Crippen LogP contribution is -2.14. The number of benzene rings is 3. The van der Waals surface area contributed by atoms with Crippen LogP contribution in [0.15, 0.2) is 76.6 Å². The fourth-order valence-electron chi connectivity index (χ4n) is 3.06. The Morgan fingerprint density at radius 1 is 1.06 bits per heavy atom. The number of hydrogen-bond donors (Lipinski definition) is 1. The Bertz CT molecular complexity index is 1470. The molecule has 164 valence electrons. The molecular formula is C22H18ClN3O4S2. The minimum absolute atomic E-state index is 0.101. The Morgan fingerprint density at radius 2 is 1.75 bits per heavy atom. The third-order valence-corrected chi connectivity index (χ3v) is 7.52. The number of amides is 1. The molecule has 1 aromatic heterocycles. The maximum atomic E-state index is 12.6. The number of halogens is 1. The van der Waals surface area contributed by atoms with Crippen LogP contribution in [-0.4, -0.2) is 26.0 Å². The Morgan fingerprint density at radius 3 is 2.38 bits per heavy atom. The standard InChI is InChI=1S/C22H18ClN3O4S2/c1-26-20-18(23)4-3-5-19(20)31-22(26)24-21(27)14-6-8-15(9-7-14)25-32(28,29)17-12-10-16(30-2)11-13-17/h3-13,25H,1-2H3. The third-order valence-electron chi connectivity index (χ3n) is 4.72. The molecule has 0 aliphatic heterocycles. The number of carbonyl (C=O) groups is 1. The molecule has 3 aromatic carbocycles. The van der Waals surface area contributed by atoms with Gasteiger partial charge in [-0.1, -0.05) is 29.0 Å². The van der Waals surface area contributed by atoms with Crippen LogP contribution in [0.5, 0.6) is 5.75 Å². The fourth-order valence-corrected chi connectivity index (χ4v) is 5.52. The molecule has 10 heteroatoms. The summed E-state index contributed by atoms with van der Waals surface area (Å²) in [6.07, 6.45) is 0. The summed E-state index contributed by atoms with van der Waals surface area (Å²) in [6, 6.07) is 17.7. The fraction of sp³-hybridized carbons (Fsp3) is 0.0909. The van der Waals surface area contributed by atoms with Gasteiger partial charge in [-0.05, 0) is 60.7 Å². The maximum absolute atomic E-state index is 12.6. The van der Waals surface area contributed by atoms with E-state index in [1.807, 2.05) is 12.1 Å². The van der Waals surface area contributed by atoms with E-state index < -0.39 is 15.9 Å². The molecule has 0 aliphatic carbocycles. The number of nitrogens with one attached hydrogen (secondary N) is 1. The number of para-hydroxylation sites is 1. The normalized spacial score (nSPS) is 12.2. The van der Waals surface area contributed by atoms with Gasteiger partial charge in [-0.25, -0.2) is 8.42 Å². The molecule has 0 unspecified atom stereocenters. The van der Waals surface area contributed by atoms with Crippen molar-refractivity contribution in [1.82, 2.24) is 4.57 Å². The Balaban J connectivity index is 1.56. The van der Waals surface area contributed by atoms with Crippen molar-refractivity contribution in [2.24, 2.45) is 12.0 Å². The Kier molecular flexibility index (Phi) is 6.05. The van der Waals surface area contributed by atoms with Crippen molar-refractivity contribution in [2.75, 3.05) is 11.8 Å². The minimum Gasteiger partial charge on any atom is -0.497 e. The minimum atomic E-state index is -3.77. The van der Waals surface area contributed by atoms with Crippen LogP contribution in [0.3, 0.4) is 0 Å². The van der Waals surface area contributed by atoms with Crippen molar-refractivity contribution in [3.63, 3.8) is 0 Å². The molecule has 1 amide bonds. The van der Waals surface area contributed by atoms with Crippen LogP contribution < -0.4 is 14.3 Å². The summed E-state index contributed by atoms with van der Waals surface area (Å²) < 4.78 is 35.4. The summed E-state index contributed by atoms with van der Waals surface area (Å²) in [7, 11) is -0.466. The molecule has 0 saturated carbocycles. The molecule has 0 aliphatic rings. The van der Waals surface area contributed by atoms with Crippen molar-refractivity contribution >= 4 is 54.8 Å². The first-order valence-corrected chi connectivity index (χ1v) is 12.1. The molecule has 0 fully saturated rings. The first kappa shape index (κ1) is 22.1. The van der Waals surface area contributed by atoms with Gasteiger partial charge < -0.3 is 9.30 Å². The van der Waals surface area contributed by atoms with E-state index in [1.54, 1.807) is 29.8 Å². The van der Waals surface area contributed by atoms with E-state index >= 15 is 0 Å². The molecule has 4 rings (SSSR count). The molecule has 0 saturated heterocycles. The largest absolute Gasteiger partial charge is 0.497 e.